The maximum Gasteiger partial charge on any atom is 0.131 e. The van der Waals surface area contributed by atoms with E-state index in [1.807, 2.05) is 4.90 Å². The van der Waals surface area contributed by atoms with Gasteiger partial charge < -0.3 is 15.1 Å². The van der Waals surface area contributed by atoms with Gasteiger partial charge in [0.1, 0.15) is 5.82 Å². The summed E-state index contributed by atoms with van der Waals surface area (Å²) in [7, 11) is 0. The fourth-order valence-corrected chi connectivity index (χ4v) is 2.18. The van der Waals surface area contributed by atoms with Gasteiger partial charge in [0.25, 0.3) is 0 Å². The average Bonchev–Trinajstić information content (AvgIpc) is 3.08. The summed E-state index contributed by atoms with van der Waals surface area (Å²) < 4.78 is 13.7. The maximum absolute atomic E-state index is 13.7. The first-order valence-electron chi connectivity index (χ1n) is 5.99. The fraction of sp³-hybridized carbons (Fsp3) is 0.538. The zero-order chi connectivity index (χ0) is 12.4. The molecule has 17 heavy (non-hydrogen) atoms. The second-order valence-corrected chi connectivity index (χ2v) is 4.50. The van der Waals surface area contributed by atoms with Crippen LogP contribution in [0.3, 0.4) is 0 Å². The van der Waals surface area contributed by atoms with Crippen LogP contribution in [0.2, 0.25) is 0 Å². The summed E-state index contributed by atoms with van der Waals surface area (Å²) in [5, 5.41) is 18.8. The quantitative estimate of drug-likeness (QED) is 0.824. The number of aliphatic hydroxyl groups is 2. The lowest BCUT2D eigenvalue weighted by Gasteiger charge is -2.27. The lowest BCUT2D eigenvalue weighted by molar-refractivity contribution is 0.194. The molecule has 1 aromatic carbocycles. The molecule has 0 aromatic heterocycles. The van der Waals surface area contributed by atoms with Gasteiger partial charge in [0, 0.05) is 23.8 Å². The second-order valence-electron chi connectivity index (χ2n) is 4.50. The molecular formula is C13H18FNO2. The summed E-state index contributed by atoms with van der Waals surface area (Å²) in [5.41, 5.74) is 1.03. The molecule has 0 heterocycles. The van der Waals surface area contributed by atoms with Gasteiger partial charge >= 0.3 is 0 Å². The van der Waals surface area contributed by atoms with Crippen LogP contribution < -0.4 is 4.90 Å². The number of hydrogen-bond donors (Lipinski definition) is 2. The molecule has 4 heteroatoms. The van der Waals surface area contributed by atoms with Gasteiger partial charge in [-0.25, -0.2) is 4.39 Å². The van der Waals surface area contributed by atoms with Gasteiger partial charge in [0.05, 0.1) is 12.7 Å². The number of anilines is 1. The highest BCUT2D eigenvalue weighted by Gasteiger charge is 2.31. The fourth-order valence-electron chi connectivity index (χ4n) is 2.18. The highest BCUT2D eigenvalue weighted by molar-refractivity contribution is 5.56. The molecule has 1 aliphatic rings. The van der Waals surface area contributed by atoms with E-state index in [0.29, 0.717) is 23.8 Å². The van der Waals surface area contributed by atoms with Crippen LogP contribution in [0.5, 0.6) is 0 Å². The summed E-state index contributed by atoms with van der Waals surface area (Å²) >= 11 is 0. The van der Waals surface area contributed by atoms with Gasteiger partial charge in [-0.2, -0.15) is 0 Å². The van der Waals surface area contributed by atoms with Crippen LogP contribution in [0, 0.1) is 5.82 Å². The molecule has 0 saturated heterocycles. The van der Waals surface area contributed by atoms with E-state index in [4.69, 9.17) is 5.11 Å². The molecule has 1 aromatic rings. The molecule has 1 fully saturated rings. The van der Waals surface area contributed by atoms with Crippen molar-refractivity contribution in [2.75, 3.05) is 18.1 Å². The maximum atomic E-state index is 13.7. The summed E-state index contributed by atoms with van der Waals surface area (Å²) in [5.74, 6) is -0.388. The molecule has 1 saturated carbocycles. The summed E-state index contributed by atoms with van der Waals surface area (Å²) in [4.78, 5) is 1.99. The van der Waals surface area contributed by atoms with Crippen LogP contribution in [0.15, 0.2) is 18.2 Å². The monoisotopic (exact) mass is 239 g/mol. The van der Waals surface area contributed by atoms with Gasteiger partial charge in [-0.15, -0.1) is 0 Å². The molecule has 0 unspecified atom stereocenters. The standard InChI is InChI=1S/C13H18FNO2/c1-9(17)13-11(14)3-2-4-12(13)15(7-8-16)10-5-6-10/h2-4,9-10,16-17H,5-8H2,1H3/t9-/m0/s1. The van der Waals surface area contributed by atoms with E-state index in [1.165, 1.54) is 6.07 Å². The highest BCUT2D eigenvalue weighted by Crippen LogP contribution is 2.36. The number of aliphatic hydroxyl groups excluding tert-OH is 2. The first kappa shape index (κ1) is 12.3. The molecule has 0 spiro atoms. The van der Waals surface area contributed by atoms with Crippen molar-refractivity contribution in [2.45, 2.75) is 31.9 Å². The van der Waals surface area contributed by atoms with Crippen LogP contribution >= 0.6 is 0 Å². The minimum Gasteiger partial charge on any atom is -0.395 e. The smallest absolute Gasteiger partial charge is 0.131 e. The third kappa shape index (κ3) is 2.58. The van der Waals surface area contributed by atoms with Crippen molar-refractivity contribution in [3.8, 4) is 0 Å². The van der Waals surface area contributed by atoms with Crippen molar-refractivity contribution in [3.05, 3.63) is 29.6 Å². The number of nitrogens with zero attached hydrogens (tertiary/aromatic N) is 1. The SMILES string of the molecule is C[C@H](O)c1c(F)cccc1N(CCO)C1CC1. The minimum absolute atomic E-state index is 0.0340. The van der Waals surface area contributed by atoms with E-state index in [9.17, 15) is 9.50 Å². The minimum atomic E-state index is -0.842. The predicted octanol–water partition coefficient (Wildman–Crippen LogP) is 1.84. The Hall–Kier alpha value is -1.13. The van der Waals surface area contributed by atoms with Crippen molar-refractivity contribution in [1.29, 1.82) is 0 Å². The molecule has 0 radical (unpaired) electrons. The molecule has 0 aliphatic heterocycles. The predicted molar refractivity (Wildman–Crippen MR) is 64.5 cm³/mol. The number of hydrogen-bond acceptors (Lipinski definition) is 3. The molecule has 0 amide bonds. The number of halogens is 1. The van der Waals surface area contributed by atoms with Crippen LogP contribution in [-0.4, -0.2) is 29.4 Å². The molecular weight excluding hydrogens is 221 g/mol. The third-order valence-electron chi connectivity index (χ3n) is 3.09. The lowest BCUT2D eigenvalue weighted by Crippen LogP contribution is -2.30. The zero-order valence-electron chi connectivity index (χ0n) is 9.93. The van der Waals surface area contributed by atoms with Gasteiger partial charge in [-0.3, -0.25) is 0 Å². The molecule has 2 N–H and O–H groups in total. The Morgan fingerprint density at radius 3 is 2.71 bits per heavy atom. The lowest BCUT2D eigenvalue weighted by atomic mass is 10.1. The van der Waals surface area contributed by atoms with Gasteiger partial charge in [-0.05, 0) is 31.9 Å². The van der Waals surface area contributed by atoms with E-state index in [1.54, 1.807) is 19.1 Å². The largest absolute Gasteiger partial charge is 0.395 e. The van der Waals surface area contributed by atoms with E-state index in [-0.39, 0.29) is 12.4 Å². The molecule has 1 atom stereocenters. The van der Waals surface area contributed by atoms with E-state index in [0.717, 1.165) is 12.8 Å². The summed E-state index contributed by atoms with van der Waals surface area (Å²) in [6, 6.07) is 5.18. The summed E-state index contributed by atoms with van der Waals surface area (Å²) in [6.07, 6.45) is 1.29. The van der Waals surface area contributed by atoms with Crippen molar-refractivity contribution in [1.82, 2.24) is 0 Å². The van der Waals surface area contributed by atoms with Crippen molar-refractivity contribution in [2.24, 2.45) is 0 Å². The molecule has 2 rings (SSSR count). The Labute approximate surface area is 100 Å². The average molecular weight is 239 g/mol. The molecule has 94 valence electrons. The van der Waals surface area contributed by atoms with Crippen molar-refractivity contribution in [3.63, 3.8) is 0 Å². The number of rotatable bonds is 5. The summed E-state index contributed by atoms with van der Waals surface area (Å²) in [6.45, 7) is 2.08. The Morgan fingerprint density at radius 2 is 2.18 bits per heavy atom. The zero-order valence-corrected chi connectivity index (χ0v) is 9.93. The van der Waals surface area contributed by atoms with Gasteiger partial charge in [-0.1, -0.05) is 6.07 Å². The van der Waals surface area contributed by atoms with Gasteiger partial charge in [0.2, 0.25) is 0 Å². The molecule has 1 aliphatic carbocycles. The van der Waals surface area contributed by atoms with Crippen LogP contribution in [0.25, 0.3) is 0 Å². The highest BCUT2D eigenvalue weighted by atomic mass is 19.1. The van der Waals surface area contributed by atoms with Crippen LogP contribution in [0.1, 0.15) is 31.4 Å². The Balaban J connectivity index is 2.37. The van der Waals surface area contributed by atoms with E-state index in [2.05, 4.69) is 0 Å². The van der Waals surface area contributed by atoms with Crippen molar-refractivity contribution >= 4 is 5.69 Å². The van der Waals surface area contributed by atoms with Crippen LogP contribution in [0.4, 0.5) is 10.1 Å². The van der Waals surface area contributed by atoms with Crippen molar-refractivity contribution < 1.29 is 14.6 Å². The van der Waals surface area contributed by atoms with E-state index < -0.39 is 6.10 Å². The number of benzene rings is 1. The normalized spacial score (nSPS) is 16.9. The molecule has 0 bridgehead atoms. The topological polar surface area (TPSA) is 43.7 Å². The van der Waals surface area contributed by atoms with Crippen LogP contribution in [-0.2, 0) is 0 Å². The first-order valence-corrected chi connectivity index (χ1v) is 5.99. The third-order valence-corrected chi connectivity index (χ3v) is 3.09. The van der Waals surface area contributed by atoms with Gasteiger partial charge in [0.15, 0.2) is 0 Å². The Bertz CT molecular complexity index is 391. The Morgan fingerprint density at radius 1 is 1.47 bits per heavy atom. The van der Waals surface area contributed by atoms with E-state index >= 15 is 0 Å². The second kappa shape index (κ2) is 5.02. The first-order chi connectivity index (χ1) is 8.15. The molecule has 3 nitrogen and oxygen atoms in total. The Kier molecular flexibility index (Phi) is 3.64.